The number of carbonyl (C=O) groups is 2. The van der Waals surface area contributed by atoms with E-state index in [1.165, 1.54) is 6.92 Å². The van der Waals surface area contributed by atoms with Gasteiger partial charge in [-0.3, -0.25) is 9.59 Å². The summed E-state index contributed by atoms with van der Waals surface area (Å²) in [6.07, 6.45) is 0.674. The molecule has 5 heteroatoms. The molecule has 1 amide bonds. The van der Waals surface area contributed by atoms with E-state index in [-0.39, 0.29) is 29.8 Å². The lowest BCUT2D eigenvalue weighted by molar-refractivity contribution is 0.0892. The SMILES string of the molecule is CC(=O)c1c(C)[nH]c(C(=O)NC(CO)CC(C)(C)C)c1C. The molecule has 1 heterocycles. The van der Waals surface area contributed by atoms with Crippen molar-refractivity contribution in [3.05, 3.63) is 22.5 Å². The van der Waals surface area contributed by atoms with Gasteiger partial charge in [-0.25, -0.2) is 0 Å². The fourth-order valence-corrected chi connectivity index (χ4v) is 2.66. The molecule has 0 spiro atoms. The zero-order valence-electron chi connectivity index (χ0n) is 13.8. The molecule has 0 saturated carbocycles. The van der Waals surface area contributed by atoms with Gasteiger partial charge in [-0.15, -0.1) is 0 Å². The fraction of sp³-hybridized carbons (Fsp3) is 0.625. The van der Waals surface area contributed by atoms with Crippen molar-refractivity contribution in [3.8, 4) is 0 Å². The van der Waals surface area contributed by atoms with Gasteiger partial charge < -0.3 is 15.4 Å². The summed E-state index contributed by atoms with van der Waals surface area (Å²) in [5.74, 6) is -0.347. The Hall–Kier alpha value is -1.62. The van der Waals surface area contributed by atoms with Gasteiger partial charge in [0.25, 0.3) is 5.91 Å². The topological polar surface area (TPSA) is 82.2 Å². The summed E-state index contributed by atoms with van der Waals surface area (Å²) in [5.41, 5.74) is 2.32. The standard InChI is InChI=1S/C16H26N2O3/c1-9-13(11(3)20)10(2)17-14(9)15(21)18-12(8-19)7-16(4,5)6/h12,17,19H,7-8H2,1-6H3,(H,18,21). The minimum Gasteiger partial charge on any atom is -0.394 e. The molecule has 1 aromatic rings. The number of rotatable bonds is 5. The van der Waals surface area contributed by atoms with E-state index in [0.717, 1.165) is 0 Å². The van der Waals surface area contributed by atoms with Gasteiger partial charge in [0.05, 0.1) is 12.6 Å². The van der Waals surface area contributed by atoms with Crippen molar-refractivity contribution in [1.82, 2.24) is 10.3 Å². The van der Waals surface area contributed by atoms with Gasteiger partial charge in [0.2, 0.25) is 0 Å². The van der Waals surface area contributed by atoms with Crippen molar-refractivity contribution in [2.45, 2.75) is 54.0 Å². The second-order valence-electron chi connectivity index (χ2n) is 6.80. The monoisotopic (exact) mass is 294 g/mol. The molecule has 0 aromatic carbocycles. The molecule has 0 fully saturated rings. The van der Waals surface area contributed by atoms with Crippen LogP contribution < -0.4 is 5.32 Å². The summed E-state index contributed by atoms with van der Waals surface area (Å²) in [5, 5.41) is 12.3. The maximum absolute atomic E-state index is 12.3. The molecule has 0 aliphatic rings. The van der Waals surface area contributed by atoms with Gasteiger partial charge in [0.15, 0.2) is 5.78 Å². The molecule has 0 bridgehead atoms. The van der Waals surface area contributed by atoms with Crippen LogP contribution in [0.5, 0.6) is 0 Å². The second-order valence-corrected chi connectivity index (χ2v) is 6.80. The van der Waals surface area contributed by atoms with Crippen molar-refractivity contribution in [1.29, 1.82) is 0 Å². The van der Waals surface area contributed by atoms with Gasteiger partial charge in [-0.05, 0) is 38.2 Å². The highest BCUT2D eigenvalue weighted by Crippen LogP contribution is 2.22. The molecule has 1 aromatic heterocycles. The molecule has 3 N–H and O–H groups in total. The molecule has 1 rings (SSSR count). The number of hydrogen-bond donors (Lipinski definition) is 3. The number of aromatic amines is 1. The van der Waals surface area contributed by atoms with Crippen molar-refractivity contribution in [3.63, 3.8) is 0 Å². The average Bonchev–Trinajstić information content (AvgIpc) is 2.62. The van der Waals surface area contributed by atoms with Crippen molar-refractivity contribution >= 4 is 11.7 Å². The van der Waals surface area contributed by atoms with Crippen molar-refractivity contribution < 1.29 is 14.7 Å². The number of carbonyl (C=O) groups excluding carboxylic acids is 2. The number of nitrogens with one attached hydrogen (secondary N) is 2. The van der Waals surface area contributed by atoms with Crippen molar-refractivity contribution in [2.75, 3.05) is 6.61 Å². The summed E-state index contributed by atoms with van der Waals surface area (Å²) in [7, 11) is 0. The van der Waals surface area contributed by atoms with Crippen LogP contribution in [-0.2, 0) is 0 Å². The number of Topliss-reactive ketones (excluding diaryl/α,β-unsaturated/α-hetero) is 1. The van der Waals surface area contributed by atoms with Gasteiger partial charge >= 0.3 is 0 Å². The van der Waals surface area contributed by atoms with Gasteiger partial charge in [0, 0.05) is 11.3 Å². The van der Waals surface area contributed by atoms with E-state index in [1.54, 1.807) is 13.8 Å². The average molecular weight is 294 g/mol. The molecular weight excluding hydrogens is 268 g/mol. The van der Waals surface area contributed by atoms with Crippen LogP contribution in [0.1, 0.15) is 66.2 Å². The Morgan fingerprint density at radius 2 is 1.86 bits per heavy atom. The third-order valence-corrected chi connectivity index (χ3v) is 3.43. The number of aliphatic hydroxyl groups excluding tert-OH is 1. The number of aliphatic hydroxyl groups is 1. The van der Waals surface area contributed by atoms with Crippen LogP contribution in [0.3, 0.4) is 0 Å². The largest absolute Gasteiger partial charge is 0.394 e. The number of aryl methyl sites for hydroxylation is 1. The predicted octanol–water partition coefficient (Wildman–Crippen LogP) is 2.36. The maximum atomic E-state index is 12.3. The second kappa shape index (κ2) is 6.43. The molecule has 0 radical (unpaired) electrons. The first-order valence-corrected chi connectivity index (χ1v) is 7.18. The van der Waals surface area contributed by atoms with Gasteiger partial charge in [-0.2, -0.15) is 0 Å². The maximum Gasteiger partial charge on any atom is 0.268 e. The quantitative estimate of drug-likeness (QED) is 0.729. The van der Waals surface area contributed by atoms with Crippen LogP contribution in [0.15, 0.2) is 0 Å². The first-order valence-electron chi connectivity index (χ1n) is 7.18. The normalized spacial score (nSPS) is 13.1. The van der Waals surface area contributed by atoms with E-state index in [2.05, 4.69) is 31.1 Å². The Labute approximate surface area is 126 Å². The Morgan fingerprint density at radius 1 is 1.29 bits per heavy atom. The molecular formula is C16H26N2O3. The van der Waals surface area contributed by atoms with Gasteiger partial charge in [-0.1, -0.05) is 20.8 Å². The zero-order chi connectivity index (χ0) is 16.4. The lowest BCUT2D eigenvalue weighted by atomic mass is 9.88. The number of aromatic nitrogens is 1. The Bertz CT molecular complexity index is 538. The van der Waals surface area contributed by atoms with Crippen LogP contribution in [-0.4, -0.2) is 34.4 Å². The highest BCUT2D eigenvalue weighted by molar-refractivity contribution is 6.02. The first-order chi connectivity index (χ1) is 9.56. The molecule has 0 aliphatic heterocycles. The van der Waals surface area contributed by atoms with Crippen LogP contribution in [0.2, 0.25) is 0 Å². The third kappa shape index (κ3) is 4.43. The molecule has 0 saturated heterocycles. The molecule has 21 heavy (non-hydrogen) atoms. The lowest BCUT2D eigenvalue weighted by Gasteiger charge is -2.25. The fourth-order valence-electron chi connectivity index (χ4n) is 2.66. The van der Waals surface area contributed by atoms with Gasteiger partial charge in [0.1, 0.15) is 5.69 Å². The number of ketones is 1. The molecule has 1 unspecified atom stereocenters. The van der Waals surface area contributed by atoms with E-state index in [9.17, 15) is 14.7 Å². The summed E-state index contributed by atoms with van der Waals surface area (Å²) >= 11 is 0. The zero-order valence-corrected chi connectivity index (χ0v) is 13.8. The highest BCUT2D eigenvalue weighted by atomic mass is 16.3. The van der Waals surface area contributed by atoms with Crippen LogP contribution in [0, 0.1) is 19.3 Å². The molecule has 0 aliphatic carbocycles. The van der Waals surface area contributed by atoms with Crippen molar-refractivity contribution in [2.24, 2.45) is 5.41 Å². The predicted molar refractivity (Wildman–Crippen MR) is 82.7 cm³/mol. The number of amides is 1. The van der Waals surface area contributed by atoms with E-state index in [0.29, 0.717) is 28.9 Å². The summed E-state index contributed by atoms with van der Waals surface area (Å²) < 4.78 is 0. The highest BCUT2D eigenvalue weighted by Gasteiger charge is 2.24. The summed E-state index contributed by atoms with van der Waals surface area (Å²) in [6.45, 7) is 11.1. The Morgan fingerprint density at radius 3 is 2.24 bits per heavy atom. The number of hydrogen-bond acceptors (Lipinski definition) is 3. The summed E-state index contributed by atoms with van der Waals surface area (Å²) in [6, 6.07) is -0.304. The van der Waals surface area contributed by atoms with Crippen LogP contribution in [0.25, 0.3) is 0 Å². The van der Waals surface area contributed by atoms with E-state index >= 15 is 0 Å². The smallest absolute Gasteiger partial charge is 0.268 e. The lowest BCUT2D eigenvalue weighted by Crippen LogP contribution is -2.40. The van der Waals surface area contributed by atoms with Crippen LogP contribution >= 0.6 is 0 Å². The van der Waals surface area contributed by atoms with E-state index in [4.69, 9.17) is 0 Å². The number of H-pyrrole nitrogens is 1. The minimum absolute atomic E-state index is 0.00587. The first kappa shape index (κ1) is 17.4. The molecule has 1 atom stereocenters. The Balaban J connectivity index is 2.94. The summed E-state index contributed by atoms with van der Waals surface area (Å²) in [4.78, 5) is 26.9. The minimum atomic E-state index is -0.304. The van der Waals surface area contributed by atoms with E-state index in [1.807, 2.05) is 0 Å². The van der Waals surface area contributed by atoms with E-state index < -0.39 is 0 Å². The third-order valence-electron chi connectivity index (χ3n) is 3.43. The molecule has 118 valence electrons. The Kier molecular flexibility index (Phi) is 5.34. The molecule has 5 nitrogen and oxygen atoms in total. The van der Waals surface area contributed by atoms with Crippen LogP contribution in [0.4, 0.5) is 0 Å².